The van der Waals surface area contributed by atoms with Gasteiger partial charge in [-0.25, -0.2) is 9.13 Å². The average Bonchev–Trinajstić information content (AvgIpc) is 0.912. The Hall–Kier alpha value is -1.94. The fourth-order valence-corrected chi connectivity index (χ4v) is 14.2. The van der Waals surface area contributed by atoms with Crippen molar-refractivity contribution in [1.29, 1.82) is 0 Å². The number of phosphoric ester groups is 2. The molecule has 0 aromatic rings. The van der Waals surface area contributed by atoms with Crippen LogP contribution >= 0.6 is 15.6 Å². The molecule has 0 amide bonds. The molecule has 0 aliphatic heterocycles. The monoisotopic (exact) mass is 1480 g/mol. The molecule has 3 unspecified atom stereocenters. The number of unbranched alkanes of at least 4 members (excludes halogenated alkanes) is 47. The van der Waals surface area contributed by atoms with Gasteiger partial charge in [-0.3, -0.25) is 37.3 Å². The molecule has 19 heteroatoms. The van der Waals surface area contributed by atoms with Crippen LogP contribution in [0.4, 0.5) is 0 Å². The van der Waals surface area contributed by atoms with Crippen LogP contribution < -0.4 is 0 Å². The molecule has 0 heterocycles. The van der Waals surface area contributed by atoms with Gasteiger partial charge in [0.05, 0.1) is 26.4 Å². The molecule has 101 heavy (non-hydrogen) atoms. The molecule has 0 aliphatic carbocycles. The van der Waals surface area contributed by atoms with E-state index in [1.54, 1.807) is 0 Å². The molecule has 0 aliphatic rings. The summed E-state index contributed by atoms with van der Waals surface area (Å²) >= 11 is 0. The standard InChI is InChI=1S/C82H160O17P2/c1-8-10-11-12-13-14-15-16-17-18-24-30-35-44-51-58-65-82(87)99-78(70-93-80(85)64-57-50-43-38-37-40-47-54-61-74(5)6)72-97-101(90,91)95-68-76(83)67-94-100(88,89)96-71-77(69-92-79(84)63-56-49-42-34-29-26-21-22-27-32-39-46-53-60-73(3)4)98-81(86)66-59-52-45-36-31-25-20-19-23-28-33-41-48-55-62-75(7)9-2/h73-78,83H,8-72H2,1-7H3,(H,88,89)(H,90,91)/t75?,76-,77-,78-/m1/s1. The number of aliphatic hydroxyl groups excluding tert-OH is 1. The minimum atomic E-state index is -4.96. The topological polar surface area (TPSA) is 237 Å². The molecule has 0 bridgehead atoms. The summed E-state index contributed by atoms with van der Waals surface area (Å²) in [4.78, 5) is 73.1. The van der Waals surface area contributed by atoms with Crippen molar-refractivity contribution < 1.29 is 80.2 Å². The van der Waals surface area contributed by atoms with Gasteiger partial charge >= 0.3 is 39.5 Å². The van der Waals surface area contributed by atoms with E-state index in [1.165, 1.54) is 238 Å². The second kappa shape index (κ2) is 72.3. The quantitative estimate of drug-likeness (QED) is 0.0222. The Morgan fingerprint density at radius 2 is 0.505 bits per heavy atom. The van der Waals surface area contributed by atoms with E-state index in [4.69, 9.17) is 37.0 Å². The third kappa shape index (κ3) is 74.7. The predicted molar refractivity (Wildman–Crippen MR) is 414 cm³/mol. The van der Waals surface area contributed by atoms with Gasteiger partial charge in [-0.1, -0.05) is 376 Å². The Morgan fingerprint density at radius 3 is 0.752 bits per heavy atom. The smallest absolute Gasteiger partial charge is 0.462 e. The molecule has 17 nitrogen and oxygen atoms in total. The number of hydrogen-bond donors (Lipinski definition) is 3. The van der Waals surface area contributed by atoms with Gasteiger partial charge in [-0.05, 0) is 43.4 Å². The van der Waals surface area contributed by atoms with Crippen LogP contribution in [0.1, 0.15) is 427 Å². The lowest BCUT2D eigenvalue weighted by Crippen LogP contribution is -2.30. The second-order valence-corrected chi connectivity index (χ2v) is 33.6. The molecule has 0 aromatic carbocycles. The summed E-state index contributed by atoms with van der Waals surface area (Å²) in [5.74, 6) is 0.255. The lowest BCUT2D eigenvalue weighted by molar-refractivity contribution is -0.161. The maximum Gasteiger partial charge on any atom is 0.472 e. The zero-order valence-corrected chi connectivity index (χ0v) is 68.2. The fourth-order valence-electron chi connectivity index (χ4n) is 12.6. The Bertz CT molecular complexity index is 1960. The van der Waals surface area contributed by atoms with Crippen LogP contribution in [0.15, 0.2) is 0 Å². The molecule has 0 saturated heterocycles. The lowest BCUT2D eigenvalue weighted by Gasteiger charge is -2.21. The van der Waals surface area contributed by atoms with Gasteiger partial charge < -0.3 is 33.8 Å². The van der Waals surface area contributed by atoms with Gasteiger partial charge in [-0.15, -0.1) is 0 Å². The highest BCUT2D eigenvalue weighted by molar-refractivity contribution is 7.47. The largest absolute Gasteiger partial charge is 0.472 e. The summed E-state index contributed by atoms with van der Waals surface area (Å²) in [6.45, 7) is 12.0. The highest BCUT2D eigenvalue weighted by Crippen LogP contribution is 2.45. The number of esters is 4. The number of ether oxygens (including phenoxy) is 4. The number of carbonyl (C=O) groups is 4. The van der Waals surface area contributed by atoms with Gasteiger partial charge in [0.15, 0.2) is 12.2 Å². The van der Waals surface area contributed by atoms with E-state index in [1.807, 2.05) is 0 Å². The van der Waals surface area contributed by atoms with Crippen molar-refractivity contribution in [1.82, 2.24) is 0 Å². The first-order chi connectivity index (χ1) is 48.8. The number of phosphoric acid groups is 2. The highest BCUT2D eigenvalue weighted by Gasteiger charge is 2.30. The third-order valence-corrected chi connectivity index (χ3v) is 21.4. The summed E-state index contributed by atoms with van der Waals surface area (Å²) in [6, 6.07) is 0. The van der Waals surface area contributed by atoms with Crippen molar-refractivity contribution in [3.05, 3.63) is 0 Å². The van der Waals surface area contributed by atoms with Crippen molar-refractivity contribution in [3.63, 3.8) is 0 Å². The van der Waals surface area contributed by atoms with Gasteiger partial charge in [-0.2, -0.15) is 0 Å². The van der Waals surface area contributed by atoms with E-state index in [-0.39, 0.29) is 25.7 Å². The fraction of sp³-hybridized carbons (Fsp3) is 0.951. The molecular weight excluding hydrogens is 1320 g/mol. The van der Waals surface area contributed by atoms with Crippen LogP contribution in [-0.4, -0.2) is 96.7 Å². The average molecular weight is 1480 g/mol. The van der Waals surface area contributed by atoms with Gasteiger partial charge in [0.1, 0.15) is 19.3 Å². The Labute approximate surface area is 619 Å². The number of rotatable bonds is 80. The van der Waals surface area contributed by atoms with Crippen molar-refractivity contribution in [2.24, 2.45) is 17.8 Å². The van der Waals surface area contributed by atoms with Crippen LogP contribution in [0.2, 0.25) is 0 Å². The van der Waals surface area contributed by atoms with E-state index in [0.29, 0.717) is 25.7 Å². The van der Waals surface area contributed by atoms with Crippen molar-refractivity contribution in [3.8, 4) is 0 Å². The zero-order chi connectivity index (χ0) is 74.4. The zero-order valence-electron chi connectivity index (χ0n) is 66.4. The van der Waals surface area contributed by atoms with Crippen LogP contribution in [0.5, 0.6) is 0 Å². The first kappa shape index (κ1) is 99.1. The maximum atomic E-state index is 13.1. The van der Waals surface area contributed by atoms with Crippen LogP contribution in [0.3, 0.4) is 0 Å². The van der Waals surface area contributed by atoms with Crippen LogP contribution in [-0.2, 0) is 65.4 Å². The van der Waals surface area contributed by atoms with E-state index in [2.05, 4.69) is 48.5 Å². The molecule has 0 rings (SSSR count). The van der Waals surface area contributed by atoms with Crippen molar-refractivity contribution in [2.75, 3.05) is 39.6 Å². The van der Waals surface area contributed by atoms with Gasteiger partial charge in [0.2, 0.25) is 0 Å². The number of aliphatic hydroxyl groups is 1. The van der Waals surface area contributed by atoms with E-state index in [9.17, 15) is 43.2 Å². The molecular formula is C82H160O17P2. The molecule has 0 aromatic heterocycles. The number of hydrogen-bond acceptors (Lipinski definition) is 15. The van der Waals surface area contributed by atoms with E-state index < -0.39 is 97.5 Å². The van der Waals surface area contributed by atoms with Crippen LogP contribution in [0, 0.1) is 17.8 Å². The van der Waals surface area contributed by atoms with Crippen molar-refractivity contribution in [2.45, 2.75) is 446 Å². The minimum Gasteiger partial charge on any atom is -0.462 e. The summed E-state index contributed by atoms with van der Waals surface area (Å²) in [5.41, 5.74) is 0. The molecule has 0 fully saturated rings. The summed E-state index contributed by atoms with van der Waals surface area (Å²) in [6.07, 6.45) is 60.9. The Morgan fingerprint density at radius 1 is 0.287 bits per heavy atom. The first-order valence-corrected chi connectivity index (χ1v) is 45.4. The minimum absolute atomic E-state index is 0.108. The predicted octanol–water partition coefficient (Wildman–Crippen LogP) is 24.5. The van der Waals surface area contributed by atoms with Gasteiger partial charge in [0.25, 0.3) is 0 Å². The molecule has 0 saturated carbocycles. The van der Waals surface area contributed by atoms with Crippen molar-refractivity contribution >= 4 is 39.5 Å². The third-order valence-electron chi connectivity index (χ3n) is 19.5. The summed E-state index contributed by atoms with van der Waals surface area (Å²) < 4.78 is 68.8. The van der Waals surface area contributed by atoms with Crippen LogP contribution in [0.25, 0.3) is 0 Å². The Kier molecular flexibility index (Phi) is 70.9. The van der Waals surface area contributed by atoms with E-state index >= 15 is 0 Å². The molecule has 3 N–H and O–H groups in total. The highest BCUT2D eigenvalue weighted by atomic mass is 31.2. The first-order valence-electron chi connectivity index (χ1n) is 42.4. The maximum absolute atomic E-state index is 13.1. The lowest BCUT2D eigenvalue weighted by atomic mass is 9.99. The van der Waals surface area contributed by atoms with Gasteiger partial charge in [0, 0.05) is 25.7 Å². The molecule has 0 spiro atoms. The SMILES string of the molecule is CCCCCCCCCCCCCCCCCCC(=O)O[C@H](COC(=O)CCCCCCCCCCC(C)C)COP(=O)(O)OC[C@H](O)COP(=O)(O)OC[C@@H](COC(=O)CCCCCCCCCCCCCCCC(C)C)OC(=O)CCCCCCCCCCCCCCCCC(C)CC. The summed E-state index contributed by atoms with van der Waals surface area (Å²) in [7, 11) is -9.92. The summed E-state index contributed by atoms with van der Waals surface area (Å²) in [5, 5.41) is 10.7. The molecule has 6 atom stereocenters. The number of carbonyl (C=O) groups excluding carboxylic acids is 4. The second-order valence-electron chi connectivity index (χ2n) is 30.7. The molecule has 0 radical (unpaired) electrons. The Balaban J connectivity index is 5.26. The van der Waals surface area contributed by atoms with E-state index in [0.717, 1.165) is 108 Å². The molecule has 600 valence electrons. The normalized spacial score (nSPS) is 14.2.